The Morgan fingerprint density at radius 2 is 2.00 bits per heavy atom. The van der Waals surface area contributed by atoms with Crippen molar-refractivity contribution >= 4 is 17.4 Å². The van der Waals surface area contributed by atoms with Crippen LogP contribution < -0.4 is 5.32 Å². The Kier molecular flexibility index (Phi) is 5.49. The van der Waals surface area contributed by atoms with Crippen molar-refractivity contribution in [3.8, 4) is 0 Å². The number of anilines is 1. The van der Waals surface area contributed by atoms with Crippen LogP contribution in [0.4, 0.5) is 5.82 Å². The summed E-state index contributed by atoms with van der Waals surface area (Å²) in [7, 11) is 0. The van der Waals surface area contributed by atoms with E-state index in [1.807, 2.05) is 43.3 Å². The number of rotatable bonds is 5. The van der Waals surface area contributed by atoms with E-state index in [4.69, 9.17) is 16.3 Å². The first-order chi connectivity index (χ1) is 11.2. The van der Waals surface area contributed by atoms with Gasteiger partial charge in [0.1, 0.15) is 5.82 Å². The average Bonchev–Trinajstić information content (AvgIpc) is 2.56. The summed E-state index contributed by atoms with van der Waals surface area (Å²) < 4.78 is 5.49. The van der Waals surface area contributed by atoms with Crippen molar-refractivity contribution in [3.05, 3.63) is 58.7 Å². The molecule has 0 spiro atoms. The Hall–Kier alpha value is -1.62. The van der Waals surface area contributed by atoms with Gasteiger partial charge in [-0.1, -0.05) is 29.8 Å². The van der Waals surface area contributed by atoms with Gasteiger partial charge in [0.15, 0.2) is 0 Å². The maximum Gasteiger partial charge on any atom is 0.126 e. The topological polar surface area (TPSA) is 37.4 Å². The fourth-order valence-electron chi connectivity index (χ4n) is 2.90. The molecular weight excluding hydrogens is 310 g/mol. The monoisotopic (exact) mass is 331 g/mol. The lowest BCUT2D eigenvalue weighted by atomic mass is 10.0. The molecule has 2 aromatic rings. The van der Waals surface area contributed by atoms with Gasteiger partial charge in [-0.3, -0.25) is 4.90 Å². The Morgan fingerprint density at radius 3 is 2.74 bits per heavy atom. The number of aromatic nitrogens is 1. The molecule has 0 aliphatic carbocycles. The van der Waals surface area contributed by atoms with Crippen molar-refractivity contribution in [2.75, 3.05) is 38.2 Å². The van der Waals surface area contributed by atoms with Crippen molar-refractivity contribution < 1.29 is 4.74 Å². The fourth-order valence-corrected chi connectivity index (χ4v) is 3.10. The van der Waals surface area contributed by atoms with Crippen molar-refractivity contribution in [2.24, 2.45) is 0 Å². The molecule has 5 heteroatoms. The molecule has 0 saturated carbocycles. The van der Waals surface area contributed by atoms with Gasteiger partial charge < -0.3 is 10.1 Å². The van der Waals surface area contributed by atoms with Gasteiger partial charge in [0, 0.05) is 30.4 Å². The molecular formula is C18H22ClN3O. The summed E-state index contributed by atoms with van der Waals surface area (Å²) in [5.41, 5.74) is 2.24. The molecule has 0 bridgehead atoms. The van der Waals surface area contributed by atoms with Crippen LogP contribution in [0.3, 0.4) is 0 Å². The first-order valence-corrected chi connectivity index (χ1v) is 8.35. The molecule has 122 valence electrons. The van der Waals surface area contributed by atoms with Crippen LogP contribution in [0.1, 0.15) is 17.3 Å². The molecule has 2 heterocycles. The summed E-state index contributed by atoms with van der Waals surface area (Å²) in [6.07, 6.45) is 0. The maximum absolute atomic E-state index is 6.19. The van der Waals surface area contributed by atoms with Crippen LogP contribution in [0.15, 0.2) is 42.5 Å². The third kappa shape index (κ3) is 4.44. The Labute approximate surface area is 142 Å². The smallest absolute Gasteiger partial charge is 0.126 e. The van der Waals surface area contributed by atoms with Crippen LogP contribution in [-0.4, -0.2) is 42.7 Å². The minimum atomic E-state index is 0.250. The molecule has 1 aliphatic rings. The predicted octanol–water partition coefficient (Wildman–Crippen LogP) is 3.53. The molecule has 1 saturated heterocycles. The largest absolute Gasteiger partial charge is 0.379 e. The van der Waals surface area contributed by atoms with Gasteiger partial charge in [0.25, 0.3) is 0 Å². The molecule has 1 aliphatic heterocycles. The highest BCUT2D eigenvalue weighted by Gasteiger charge is 2.22. The quantitative estimate of drug-likeness (QED) is 0.909. The van der Waals surface area contributed by atoms with Gasteiger partial charge in [0.05, 0.1) is 19.3 Å². The number of morpholine rings is 1. The first kappa shape index (κ1) is 16.2. The van der Waals surface area contributed by atoms with Crippen LogP contribution >= 0.6 is 11.6 Å². The SMILES string of the molecule is Cc1cccc(NCC(c2cccc(Cl)c2)N2CCOCC2)n1. The Bertz CT molecular complexity index is 644. The maximum atomic E-state index is 6.19. The van der Waals surface area contributed by atoms with E-state index in [1.54, 1.807) is 0 Å². The average molecular weight is 332 g/mol. The van der Waals surface area contributed by atoms with Crippen LogP contribution in [0.2, 0.25) is 5.02 Å². The lowest BCUT2D eigenvalue weighted by Gasteiger charge is -2.35. The van der Waals surface area contributed by atoms with E-state index in [9.17, 15) is 0 Å². The summed E-state index contributed by atoms with van der Waals surface area (Å²) in [6, 6.07) is 14.4. The van der Waals surface area contributed by atoms with Gasteiger partial charge in [0.2, 0.25) is 0 Å². The number of ether oxygens (including phenoxy) is 1. The number of halogens is 1. The molecule has 1 fully saturated rings. The Morgan fingerprint density at radius 1 is 1.22 bits per heavy atom. The molecule has 23 heavy (non-hydrogen) atoms. The highest BCUT2D eigenvalue weighted by molar-refractivity contribution is 6.30. The van der Waals surface area contributed by atoms with E-state index in [2.05, 4.69) is 21.3 Å². The van der Waals surface area contributed by atoms with Gasteiger partial charge in [-0.15, -0.1) is 0 Å². The number of nitrogens with zero attached hydrogens (tertiary/aromatic N) is 2. The van der Waals surface area contributed by atoms with Crippen molar-refractivity contribution in [2.45, 2.75) is 13.0 Å². The second-order valence-electron chi connectivity index (χ2n) is 5.76. The van der Waals surface area contributed by atoms with Crippen LogP contribution in [0.5, 0.6) is 0 Å². The fraction of sp³-hybridized carbons (Fsp3) is 0.389. The minimum absolute atomic E-state index is 0.250. The number of hydrogen-bond acceptors (Lipinski definition) is 4. The van der Waals surface area contributed by atoms with Crippen LogP contribution in [0, 0.1) is 6.92 Å². The summed E-state index contributed by atoms with van der Waals surface area (Å²) in [5, 5.41) is 4.24. The minimum Gasteiger partial charge on any atom is -0.379 e. The normalized spacial score (nSPS) is 17.0. The van der Waals surface area contributed by atoms with Gasteiger partial charge in [-0.05, 0) is 36.8 Å². The highest BCUT2D eigenvalue weighted by Crippen LogP contribution is 2.25. The van der Waals surface area contributed by atoms with E-state index in [1.165, 1.54) is 5.56 Å². The lowest BCUT2D eigenvalue weighted by molar-refractivity contribution is 0.0187. The number of pyridine rings is 1. The zero-order chi connectivity index (χ0) is 16.1. The molecule has 1 aromatic heterocycles. The molecule has 1 aromatic carbocycles. The van der Waals surface area contributed by atoms with E-state index >= 15 is 0 Å². The number of hydrogen-bond donors (Lipinski definition) is 1. The number of aryl methyl sites for hydroxylation is 1. The van der Waals surface area contributed by atoms with E-state index in [0.717, 1.165) is 49.4 Å². The molecule has 3 rings (SSSR count). The molecule has 0 radical (unpaired) electrons. The van der Waals surface area contributed by atoms with Gasteiger partial charge in [-0.25, -0.2) is 4.98 Å². The van der Waals surface area contributed by atoms with Gasteiger partial charge in [-0.2, -0.15) is 0 Å². The van der Waals surface area contributed by atoms with Crippen LogP contribution in [-0.2, 0) is 4.74 Å². The van der Waals surface area contributed by atoms with Crippen molar-refractivity contribution in [3.63, 3.8) is 0 Å². The Balaban J connectivity index is 1.77. The predicted molar refractivity (Wildman–Crippen MR) is 94.0 cm³/mol. The molecule has 1 atom stereocenters. The highest BCUT2D eigenvalue weighted by atomic mass is 35.5. The summed E-state index contributed by atoms with van der Waals surface area (Å²) in [6.45, 7) is 6.21. The lowest BCUT2D eigenvalue weighted by Crippen LogP contribution is -2.41. The molecule has 4 nitrogen and oxygen atoms in total. The van der Waals surface area contributed by atoms with E-state index in [-0.39, 0.29) is 6.04 Å². The molecule has 1 unspecified atom stereocenters. The standard InChI is InChI=1S/C18H22ClN3O/c1-14-4-2-7-18(21-14)20-13-17(22-8-10-23-11-9-22)15-5-3-6-16(19)12-15/h2-7,12,17H,8-11,13H2,1H3,(H,20,21). The zero-order valence-corrected chi connectivity index (χ0v) is 14.1. The molecule has 0 amide bonds. The summed E-state index contributed by atoms with van der Waals surface area (Å²) >= 11 is 6.19. The van der Waals surface area contributed by atoms with Crippen LogP contribution in [0.25, 0.3) is 0 Å². The third-order valence-corrected chi connectivity index (χ3v) is 4.32. The molecule has 1 N–H and O–H groups in total. The van der Waals surface area contributed by atoms with Crippen molar-refractivity contribution in [1.29, 1.82) is 0 Å². The summed E-state index contributed by atoms with van der Waals surface area (Å²) in [5.74, 6) is 0.908. The van der Waals surface area contributed by atoms with Crippen molar-refractivity contribution in [1.82, 2.24) is 9.88 Å². The van der Waals surface area contributed by atoms with E-state index in [0.29, 0.717) is 0 Å². The number of benzene rings is 1. The summed E-state index contributed by atoms with van der Waals surface area (Å²) in [4.78, 5) is 6.96. The number of nitrogens with one attached hydrogen (secondary N) is 1. The van der Waals surface area contributed by atoms with Gasteiger partial charge >= 0.3 is 0 Å². The first-order valence-electron chi connectivity index (χ1n) is 7.97. The third-order valence-electron chi connectivity index (χ3n) is 4.08. The zero-order valence-electron chi connectivity index (χ0n) is 13.3. The van der Waals surface area contributed by atoms with E-state index < -0.39 is 0 Å². The second-order valence-corrected chi connectivity index (χ2v) is 6.20. The second kappa shape index (κ2) is 7.77.